The Balaban J connectivity index is 0.000000516. The lowest BCUT2D eigenvalue weighted by Crippen LogP contribution is -3.11. The highest BCUT2D eigenvalue weighted by atomic mass is 31.1. The second kappa shape index (κ2) is 14.8. The number of carbonyl (C=O) groups excluding carboxylic acids is 1. The average Bonchev–Trinajstić information content (AvgIpc) is 2.74. The van der Waals surface area contributed by atoms with Gasteiger partial charge in [-0.05, 0) is 36.5 Å². The highest BCUT2D eigenvalue weighted by Crippen LogP contribution is 2.18. The van der Waals surface area contributed by atoms with Crippen molar-refractivity contribution in [3.05, 3.63) is 71.8 Å². The summed E-state index contributed by atoms with van der Waals surface area (Å²) in [4.78, 5) is 24.5. The van der Waals surface area contributed by atoms with Gasteiger partial charge >= 0.3 is 14.2 Å². The fraction of sp³-hybridized carbons (Fsp3) is 0.409. The van der Waals surface area contributed by atoms with Gasteiger partial charge in [-0.15, -0.1) is 4.52 Å². The first-order valence-corrected chi connectivity index (χ1v) is 11.0. The molecule has 0 amide bonds. The van der Waals surface area contributed by atoms with Gasteiger partial charge in [-0.25, -0.2) is 4.79 Å². The summed E-state index contributed by atoms with van der Waals surface area (Å²) in [5.41, 5.74) is 1.61. The van der Waals surface area contributed by atoms with E-state index in [4.69, 9.17) is 4.74 Å². The number of rotatable bonds is 10. The first-order chi connectivity index (χ1) is 14.0. The molecule has 7 heteroatoms. The van der Waals surface area contributed by atoms with Gasteiger partial charge in [0.15, 0.2) is 0 Å². The zero-order valence-electron chi connectivity index (χ0n) is 17.4. The van der Waals surface area contributed by atoms with Gasteiger partial charge in [0, 0.05) is 6.42 Å². The van der Waals surface area contributed by atoms with Crippen LogP contribution in [0.5, 0.6) is 0 Å². The van der Waals surface area contributed by atoms with Crippen LogP contribution in [0.3, 0.4) is 0 Å². The van der Waals surface area contributed by atoms with Crippen LogP contribution in [0.2, 0.25) is 0 Å². The molecule has 0 saturated heterocycles. The Labute approximate surface area is 174 Å². The van der Waals surface area contributed by atoms with E-state index in [1.165, 1.54) is 19.6 Å². The molecule has 1 N–H and O–H groups in total. The summed E-state index contributed by atoms with van der Waals surface area (Å²) in [6.07, 6.45) is -1.04. The van der Waals surface area contributed by atoms with Gasteiger partial charge in [0.25, 0.3) is 0 Å². The Kier molecular flexibility index (Phi) is 12.7. The molecule has 2 rings (SSSR count). The topological polar surface area (TPSA) is 80.1 Å². The number of esters is 1. The van der Waals surface area contributed by atoms with Crippen LogP contribution in [-0.4, -0.2) is 31.7 Å². The zero-order chi connectivity index (χ0) is 21.5. The Morgan fingerprint density at radius 3 is 1.83 bits per heavy atom. The minimum Gasteiger partial charge on any atom is -0.566 e. The van der Waals surface area contributed by atoms with Gasteiger partial charge in [-0.3, -0.25) is 0 Å². The molecule has 0 fully saturated rings. The Hall–Kier alpha value is -2.11. The third-order valence-corrected chi connectivity index (χ3v) is 4.89. The monoisotopic (exact) mass is 420 g/mol. The molecule has 0 heterocycles. The standard InChI is InChI=1S/C16H15O5P.C6H15N/c17-16(20-12-14-9-5-2-6-10-14)15(21-22(18)19)11-13-7-3-1-4-8-13;1-4-7(5-2)6-3/h1-10,15H,11-12H2;4-6H2,1-3H3/p+1/t15-;/m1./s1. The van der Waals surface area contributed by atoms with E-state index in [-0.39, 0.29) is 13.0 Å². The third kappa shape index (κ3) is 10.9. The lowest BCUT2D eigenvalue weighted by Gasteiger charge is -2.12. The predicted octanol–water partition coefficient (Wildman–Crippen LogP) is 2.31. The van der Waals surface area contributed by atoms with E-state index < -0.39 is 20.3 Å². The average molecular weight is 420 g/mol. The molecule has 0 aliphatic heterocycles. The quantitative estimate of drug-likeness (QED) is 0.471. The number of carbonyl (C=O) groups is 1. The first kappa shape index (κ1) is 24.9. The summed E-state index contributed by atoms with van der Waals surface area (Å²) in [5.74, 6) is -0.702. The van der Waals surface area contributed by atoms with Crippen LogP contribution in [0.4, 0.5) is 0 Å². The van der Waals surface area contributed by atoms with E-state index in [9.17, 15) is 14.3 Å². The summed E-state index contributed by atoms with van der Waals surface area (Å²) in [5, 5.41) is 0. The van der Waals surface area contributed by atoms with Crippen molar-refractivity contribution >= 4 is 14.2 Å². The first-order valence-electron chi connectivity index (χ1n) is 9.89. The van der Waals surface area contributed by atoms with Crippen molar-refractivity contribution < 1.29 is 28.4 Å². The largest absolute Gasteiger partial charge is 0.566 e. The summed E-state index contributed by atoms with van der Waals surface area (Å²) in [6.45, 7) is 10.6. The number of benzene rings is 2. The number of nitrogens with one attached hydrogen (secondary N) is 1. The molecule has 2 aromatic carbocycles. The summed E-state index contributed by atoms with van der Waals surface area (Å²) < 4.78 is 20.6. The molecule has 2 aromatic rings. The molecule has 0 saturated carbocycles. The summed E-state index contributed by atoms with van der Waals surface area (Å²) in [7, 11) is -3.13. The molecular formula is C22H31NO5P+. The van der Waals surface area contributed by atoms with Crippen LogP contribution in [0.25, 0.3) is 0 Å². The van der Waals surface area contributed by atoms with Crippen molar-refractivity contribution in [2.24, 2.45) is 0 Å². The Morgan fingerprint density at radius 2 is 1.41 bits per heavy atom. The Bertz CT molecular complexity index is 702. The molecule has 158 valence electrons. The second-order valence-electron chi connectivity index (χ2n) is 6.41. The van der Waals surface area contributed by atoms with Crippen molar-refractivity contribution in [3.8, 4) is 0 Å². The molecule has 0 aliphatic rings. The molecular weight excluding hydrogens is 389 g/mol. The molecule has 2 atom stereocenters. The minimum atomic E-state index is -3.13. The van der Waals surface area contributed by atoms with E-state index in [0.717, 1.165) is 11.1 Å². The van der Waals surface area contributed by atoms with Crippen LogP contribution >= 0.6 is 8.25 Å². The molecule has 0 spiro atoms. The van der Waals surface area contributed by atoms with Gasteiger partial charge in [0.05, 0.1) is 19.6 Å². The van der Waals surface area contributed by atoms with Crippen LogP contribution < -0.4 is 9.79 Å². The summed E-state index contributed by atoms with van der Waals surface area (Å²) >= 11 is 0. The number of hydrogen-bond acceptors (Lipinski definition) is 5. The molecule has 6 nitrogen and oxygen atoms in total. The van der Waals surface area contributed by atoms with Crippen molar-refractivity contribution in [3.63, 3.8) is 0 Å². The highest BCUT2D eigenvalue weighted by molar-refractivity contribution is 7.30. The lowest BCUT2D eigenvalue weighted by molar-refractivity contribution is -0.894. The smallest absolute Gasteiger partial charge is 0.489 e. The van der Waals surface area contributed by atoms with Crippen molar-refractivity contribution in [1.29, 1.82) is 0 Å². The van der Waals surface area contributed by atoms with Gasteiger partial charge in [0.2, 0.25) is 6.10 Å². The number of ether oxygens (including phenoxy) is 1. The maximum Gasteiger partial charge on any atom is 0.489 e. The van der Waals surface area contributed by atoms with Gasteiger partial charge in [-0.2, -0.15) is 0 Å². The van der Waals surface area contributed by atoms with E-state index in [2.05, 4.69) is 25.3 Å². The molecule has 0 aliphatic carbocycles. The minimum absolute atomic E-state index is 0.0734. The van der Waals surface area contributed by atoms with Gasteiger partial charge < -0.3 is 14.5 Å². The van der Waals surface area contributed by atoms with Crippen LogP contribution in [0.15, 0.2) is 60.7 Å². The van der Waals surface area contributed by atoms with Gasteiger partial charge in [-0.1, -0.05) is 60.7 Å². The van der Waals surface area contributed by atoms with E-state index >= 15 is 0 Å². The van der Waals surface area contributed by atoms with Gasteiger partial charge in [0.1, 0.15) is 6.61 Å². The molecule has 0 bridgehead atoms. The highest BCUT2D eigenvalue weighted by Gasteiger charge is 2.27. The van der Waals surface area contributed by atoms with Crippen LogP contribution in [0.1, 0.15) is 31.9 Å². The maximum absolute atomic E-state index is 12.0. The fourth-order valence-corrected chi connectivity index (χ4v) is 3.04. The van der Waals surface area contributed by atoms with Crippen molar-refractivity contribution in [2.45, 2.75) is 39.9 Å². The molecule has 0 radical (unpaired) electrons. The number of hydrogen-bond donors (Lipinski definition) is 1. The predicted molar refractivity (Wildman–Crippen MR) is 111 cm³/mol. The normalized spacial score (nSPS) is 12.0. The van der Waals surface area contributed by atoms with E-state index in [1.807, 2.05) is 36.4 Å². The lowest BCUT2D eigenvalue weighted by atomic mass is 10.1. The SMILES string of the molecule is CC[NH+](CC)CC.O=C(OCc1ccccc1)[C@@H](Cc1ccccc1)O[P+](=O)[O-]. The molecule has 1 unspecified atom stereocenters. The maximum atomic E-state index is 12.0. The van der Waals surface area contributed by atoms with E-state index in [1.54, 1.807) is 29.2 Å². The molecule has 0 aromatic heterocycles. The second-order valence-corrected chi connectivity index (χ2v) is 7.07. The molecule has 29 heavy (non-hydrogen) atoms. The van der Waals surface area contributed by atoms with Crippen molar-refractivity contribution in [2.75, 3.05) is 19.6 Å². The summed E-state index contributed by atoms with van der Waals surface area (Å²) in [6, 6.07) is 18.2. The number of quaternary nitrogens is 1. The van der Waals surface area contributed by atoms with Crippen LogP contribution in [-0.2, 0) is 31.6 Å². The fourth-order valence-electron chi connectivity index (χ4n) is 2.67. The van der Waals surface area contributed by atoms with E-state index in [0.29, 0.717) is 0 Å². The third-order valence-electron chi connectivity index (χ3n) is 4.46. The van der Waals surface area contributed by atoms with Crippen molar-refractivity contribution in [1.82, 2.24) is 0 Å². The Morgan fingerprint density at radius 1 is 0.931 bits per heavy atom. The van der Waals surface area contributed by atoms with Crippen LogP contribution in [0, 0.1) is 0 Å². The zero-order valence-corrected chi connectivity index (χ0v) is 18.3.